The highest BCUT2D eigenvalue weighted by Crippen LogP contribution is 2.38. The SMILES string of the molecule is CC(C)Oc1ccc2c(c1)N(C)C(=O)N(c1ccccc1)S2(=O)=O. The largest absolute Gasteiger partial charge is 0.491 e. The number of anilines is 2. The van der Waals surface area contributed by atoms with Gasteiger partial charge in [-0.25, -0.2) is 13.2 Å². The zero-order chi connectivity index (χ0) is 17.5. The Labute approximate surface area is 141 Å². The summed E-state index contributed by atoms with van der Waals surface area (Å²) in [6.45, 7) is 3.75. The van der Waals surface area contributed by atoms with Crippen LogP contribution in [0, 0.1) is 0 Å². The minimum Gasteiger partial charge on any atom is -0.491 e. The third kappa shape index (κ3) is 2.60. The van der Waals surface area contributed by atoms with E-state index in [1.165, 1.54) is 11.0 Å². The van der Waals surface area contributed by atoms with Crippen molar-refractivity contribution >= 4 is 27.4 Å². The fourth-order valence-corrected chi connectivity index (χ4v) is 4.20. The molecule has 24 heavy (non-hydrogen) atoms. The molecule has 6 nitrogen and oxygen atoms in total. The van der Waals surface area contributed by atoms with E-state index < -0.39 is 16.1 Å². The second kappa shape index (κ2) is 5.83. The van der Waals surface area contributed by atoms with Crippen molar-refractivity contribution in [2.24, 2.45) is 0 Å². The van der Waals surface area contributed by atoms with Gasteiger partial charge in [0.1, 0.15) is 10.6 Å². The van der Waals surface area contributed by atoms with E-state index in [0.29, 0.717) is 17.1 Å². The van der Waals surface area contributed by atoms with Crippen molar-refractivity contribution in [3.63, 3.8) is 0 Å². The van der Waals surface area contributed by atoms with Gasteiger partial charge in [0, 0.05) is 13.1 Å². The number of carbonyl (C=O) groups is 1. The van der Waals surface area contributed by atoms with Crippen LogP contribution in [0.1, 0.15) is 13.8 Å². The van der Waals surface area contributed by atoms with Crippen LogP contribution in [0.3, 0.4) is 0 Å². The summed E-state index contributed by atoms with van der Waals surface area (Å²) in [6.07, 6.45) is -0.0509. The summed E-state index contributed by atoms with van der Waals surface area (Å²) in [5, 5.41) is 0. The number of urea groups is 1. The average molecular weight is 346 g/mol. The molecule has 126 valence electrons. The Kier molecular flexibility index (Phi) is 3.96. The third-order valence-corrected chi connectivity index (χ3v) is 5.38. The summed E-state index contributed by atoms with van der Waals surface area (Å²) in [5.74, 6) is 0.520. The van der Waals surface area contributed by atoms with Gasteiger partial charge in [0.15, 0.2) is 0 Å². The predicted octanol–water partition coefficient (Wildman–Crippen LogP) is 3.24. The average Bonchev–Trinajstić information content (AvgIpc) is 2.53. The number of amides is 2. The number of nitrogens with zero attached hydrogens (tertiary/aromatic N) is 2. The van der Waals surface area contributed by atoms with Gasteiger partial charge in [-0.1, -0.05) is 18.2 Å². The number of carbonyl (C=O) groups excluding carboxylic acids is 1. The van der Waals surface area contributed by atoms with E-state index >= 15 is 0 Å². The van der Waals surface area contributed by atoms with Crippen molar-refractivity contribution < 1.29 is 17.9 Å². The number of sulfonamides is 1. The quantitative estimate of drug-likeness (QED) is 0.856. The summed E-state index contributed by atoms with van der Waals surface area (Å²) in [4.78, 5) is 14.1. The van der Waals surface area contributed by atoms with Crippen LogP contribution in [0.15, 0.2) is 53.4 Å². The molecule has 0 atom stereocenters. The lowest BCUT2D eigenvalue weighted by atomic mass is 10.2. The Bertz CT molecular complexity index is 879. The van der Waals surface area contributed by atoms with Crippen LogP contribution in [0.2, 0.25) is 0 Å². The zero-order valence-electron chi connectivity index (χ0n) is 13.6. The highest BCUT2D eigenvalue weighted by molar-refractivity contribution is 7.94. The maximum absolute atomic E-state index is 12.9. The lowest BCUT2D eigenvalue weighted by Gasteiger charge is -2.34. The number of hydrogen-bond donors (Lipinski definition) is 0. The highest BCUT2D eigenvalue weighted by atomic mass is 32.2. The van der Waals surface area contributed by atoms with Crippen molar-refractivity contribution in [3.05, 3.63) is 48.5 Å². The molecule has 0 saturated heterocycles. The Morgan fingerprint density at radius 2 is 1.71 bits per heavy atom. The molecule has 0 bridgehead atoms. The van der Waals surface area contributed by atoms with Gasteiger partial charge in [-0.05, 0) is 38.1 Å². The predicted molar refractivity (Wildman–Crippen MR) is 92.1 cm³/mol. The number of ether oxygens (including phenoxy) is 1. The van der Waals surface area contributed by atoms with E-state index in [4.69, 9.17) is 4.74 Å². The molecule has 2 aromatic rings. The maximum Gasteiger partial charge on any atom is 0.342 e. The Hall–Kier alpha value is -2.54. The number of fused-ring (bicyclic) bond motifs is 1. The van der Waals surface area contributed by atoms with Gasteiger partial charge in [-0.15, -0.1) is 0 Å². The summed E-state index contributed by atoms with van der Waals surface area (Å²) in [5.41, 5.74) is 0.618. The summed E-state index contributed by atoms with van der Waals surface area (Å²) in [6, 6.07) is 12.3. The Morgan fingerprint density at radius 1 is 1.04 bits per heavy atom. The highest BCUT2D eigenvalue weighted by Gasteiger charge is 2.41. The molecule has 0 N–H and O–H groups in total. The molecule has 0 saturated carbocycles. The Balaban J connectivity index is 2.15. The molecule has 0 aromatic heterocycles. The monoisotopic (exact) mass is 346 g/mol. The minimum atomic E-state index is -3.98. The van der Waals surface area contributed by atoms with Crippen molar-refractivity contribution in [1.29, 1.82) is 0 Å². The van der Waals surface area contributed by atoms with Crippen LogP contribution in [0.4, 0.5) is 16.2 Å². The molecule has 7 heteroatoms. The molecule has 0 spiro atoms. The van der Waals surface area contributed by atoms with E-state index in [-0.39, 0.29) is 11.0 Å². The molecule has 0 aliphatic carbocycles. The molecule has 2 amide bonds. The van der Waals surface area contributed by atoms with E-state index in [1.807, 2.05) is 13.8 Å². The molecule has 0 unspecified atom stereocenters. The van der Waals surface area contributed by atoms with Gasteiger partial charge < -0.3 is 4.74 Å². The summed E-state index contributed by atoms with van der Waals surface area (Å²) in [7, 11) is -2.43. The van der Waals surface area contributed by atoms with E-state index in [9.17, 15) is 13.2 Å². The molecule has 0 fully saturated rings. The van der Waals surface area contributed by atoms with Gasteiger partial charge in [0.2, 0.25) is 0 Å². The van der Waals surface area contributed by atoms with Crippen LogP contribution < -0.4 is 13.9 Å². The van der Waals surface area contributed by atoms with Gasteiger partial charge >= 0.3 is 6.03 Å². The van der Waals surface area contributed by atoms with Crippen LogP contribution in [-0.4, -0.2) is 27.6 Å². The lowest BCUT2D eigenvalue weighted by molar-refractivity contribution is 0.242. The maximum atomic E-state index is 12.9. The van der Waals surface area contributed by atoms with Crippen LogP contribution in [0.25, 0.3) is 0 Å². The van der Waals surface area contributed by atoms with Crippen LogP contribution in [0.5, 0.6) is 5.75 Å². The first-order chi connectivity index (χ1) is 11.3. The normalized spacial score (nSPS) is 16.2. The second-order valence-electron chi connectivity index (χ2n) is 5.74. The van der Waals surface area contributed by atoms with Crippen LogP contribution in [-0.2, 0) is 10.0 Å². The van der Waals surface area contributed by atoms with E-state index in [2.05, 4.69) is 0 Å². The molecule has 3 rings (SSSR count). The Morgan fingerprint density at radius 3 is 2.33 bits per heavy atom. The smallest absolute Gasteiger partial charge is 0.342 e. The van der Waals surface area contributed by atoms with E-state index in [0.717, 1.165) is 4.31 Å². The fraction of sp³-hybridized carbons (Fsp3) is 0.235. The van der Waals surface area contributed by atoms with Crippen molar-refractivity contribution in [2.75, 3.05) is 16.3 Å². The molecule has 1 heterocycles. The number of rotatable bonds is 3. The standard InChI is InChI=1S/C17H18N2O4S/c1-12(2)23-14-9-10-16-15(11-14)18(3)17(20)19(24(16,21)22)13-7-5-4-6-8-13/h4-12H,1-3H3. The lowest BCUT2D eigenvalue weighted by Crippen LogP contribution is -2.49. The molecular weight excluding hydrogens is 328 g/mol. The first-order valence-corrected chi connectivity index (χ1v) is 8.95. The van der Waals surface area contributed by atoms with Crippen molar-refractivity contribution in [3.8, 4) is 5.75 Å². The van der Waals surface area contributed by atoms with Crippen LogP contribution >= 0.6 is 0 Å². The second-order valence-corrected chi connectivity index (χ2v) is 7.50. The van der Waals surface area contributed by atoms with Gasteiger partial charge in [-0.2, -0.15) is 4.31 Å². The molecular formula is C17H18N2O4S. The number of benzene rings is 2. The topological polar surface area (TPSA) is 66.9 Å². The van der Waals surface area contributed by atoms with Crippen molar-refractivity contribution in [1.82, 2.24) is 0 Å². The van der Waals surface area contributed by atoms with Gasteiger partial charge in [0.05, 0.1) is 17.5 Å². The van der Waals surface area contributed by atoms with E-state index in [1.54, 1.807) is 49.5 Å². The molecule has 2 aromatic carbocycles. The summed E-state index contributed by atoms with van der Waals surface area (Å²) < 4.78 is 32.3. The van der Waals surface area contributed by atoms with Gasteiger partial charge in [0.25, 0.3) is 10.0 Å². The molecule has 1 aliphatic rings. The fourth-order valence-electron chi connectivity index (χ4n) is 2.58. The molecule has 0 radical (unpaired) electrons. The van der Waals surface area contributed by atoms with Crippen molar-refractivity contribution in [2.45, 2.75) is 24.8 Å². The number of para-hydroxylation sites is 1. The first-order valence-electron chi connectivity index (χ1n) is 7.51. The first kappa shape index (κ1) is 16.3. The zero-order valence-corrected chi connectivity index (χ0v) is 14.4. The molecule has 1 aliphatic heterocycles. The minimum absolute atomic E-state index is 0.0509. The third-order valence-electron chi connectivity index (χ3n) is 3.63. The van der Waals surface area contributed by atoms with Gasteiger partial charge in [-0.3, -0.25) is 4.90 Å². The number of hydrogen-bond acceptors (Lipinski definition) is 4. The summed E-state index contributed by atoms with van der Waals surface area (Å²) >= 11 is 0.